The van der Waals surface area contributed by atoms with Crippen molar-refractivity contribution in [2.75, 3.05) is 0 Å². The van der Waals surface area contributed by atoms with Gasteiger partial charge in [-0.05, 0) is 42.5 Å². The Bertz CT molecular complexity index is 1090. The molecular formula is C21H19NO6S. The second-order valence-electron chi connectivity index (χ2n) is 6.44. The summed E-state index contributed by atoms with van der Waals surface area (Å²) in [4.78, 5) is 11.9. The molecule has 2 aromatic rings. The molecule has 2 aromatic carbocycles. The van der Waals surface area contributed by atoms with E-state index in [1.165, 1.54) is 36.4 Å². The number of aliphatic hydroxyl groups is 2. The van der Waals surface area contributed by atoms with Crippen LogP contribution in [0.5, 0.6) is 5.75 Å². The van der Waals surface area contributed by atoms with Crippen molar-refractivity contribution in [1.29, 1.82) is 0 Å². The van der Waals surface area contributed by atoms with Crippen LogP contribution in [0, 0.1) is 5.92 Å². The fourth-order valence-electron chi connectivity index (χ4n) is 2.69. The van der Waals surface area contributed by atoms with Crippen molar-refractivity contribution in [3.05, 3.63) is 96.3 Å². The number of hydrogen-bond donors (Lipinski definition) is 4. The Morgan fingerprint density at radius 3 is 2.31 bits per heavy atom. The average molecular weight is 413 g/mol. The van der Waals surface area contributed by atoms with Crippen molar-refractivity contribution >= 4 is 15.8 Å². The maximum atomic E-state index is 12.4. The lowest BCUT2D eigenvalue weighted by molar-refractivity contribution is 0.0667. The molecule has 7 nitrogen and oxygen atoms in total. The number of rotatable bonds is 6. The van der Waals surface area contributed by atoms with Crippen LogP contribution < -0.4 is 4.72 Å². The Morgan fingerprint density at radius 2 is 1.69 bits per heavy atom. The van der Waals surface area contributed by atoms with Crippen LogP contribution in [0.2, 0.25) is 0 Å². The molecule has 0 saturated heterocycles. The van der Waals surface area contributed by atoms with Crippen LogP contribution in [0.3, 0.4) is 0 Å². The minimum atomic E-state index is -4.18. The van der Waals surface area contributed by atoms with Gasteiger partial charge in [0.1, 0.15) is 11.5 Å². The van der Waals surface area contributed by atoms with Gasteiger partial charge in [-0.1, -0.05) is 42.5 Å². The molecular weight excluding hydrogens is 394 g/mol. The number of phenolic OH excluding ortho intramolecular Hbond substituents is 1. The predicted octanol–water partition coefficient (Wildman–Crippen LogP) is 2.43. The first-order chi connectivity index (χ1) is 13.7. The fourth-order valence-corrected chi connectivity index (χ4v) is 3.89. The second-order valence-corrected chi connectivity index (χ2v) is 8.13. The molecule has 0 heterocycles. The van der Waals surface area contributed by atoms with E-state index in [4.69, 9.17) is 0 Å². The van der Waals surface area contributed by atoms with E-state index in [0.717, 1.165) is 18.2 Å². The van der Waals surface area contributed by atoms with E-state index in [9.17, 15) is 28.5 Å². The van der Waals surface area contributed by atoms with Gasteiger partial charge >= 0.3 is 0 Å². The third-order valence-corrected chi connectivity index (χ3v) is 5.74. The molecule has 2 unspecified atom stereocenters. The van der Waals surface area contributed by atoms with Crippen molar-refractivity contribution in [2.45, 2.75) is 10.6 Å². The molecule has 0 spiro atoms. The van der Waals surface area contributed by atoms with Gasteiger partial charge in [0.15, 0.2) is 5.78 Å². The molecule has 1 aliphatic rings. The Labute approximate surface area is 168 Å². The minimum absolute atomic E-state index is 0.109. The molecule has 0 aliphatic heterocycles. The van der Waals surface area contributed by atoms with Crippen LogP contribution >= 0.6 is 0 Å². The molecule has 1 aliphatic carbocycles. The number of ketones is 1. The second kappa shape index (κ2) is 8.04. The summed E-state index contributed by atoms with van der Waals surface area (Å²) >= 11 is 0. The van der Waals surface area contributed by atoms with Crippen LogP contribution in [-0.4, -0.2) is 35.2 Å². The van der Waals surface area contributed by atoms with Crippen molar-refractivity contribution in [3.8, 4) is 5.75 Å². The van der Waals surface area contributed by atoms with Gasteiger partial charge in [-0.3, -0.25) is 4.79 Å². The first-order valence-corrected chi connectivity index (χ1v) is 10.1. The first-order valence-electron chi connectivity index (χ1n) is 8.63. The number of nitrogens with one attached hydrogen (secondary N) is 1. The predicted molar refractivity (Wildman–Crippen MR) is 107 cm³/mol. The highest BCUT2D eigenvalue weighted by Crippen LogP contribution is 2.26. The van der Waals surface area contributed by atoms with Crippen LogP contribution in [-0.2, 0) is 10.0 Å². The highest BCUT2D eigenvalue weighted by Gasteiger charge is 2.37. The van der Waals surface area contributed by atoms with E-state index in [1.54, 1.807) is 30.3 Å². The third-order valence-electron chi connectivity index (χ3n) is 4.27. The normalized spacial score (nSPS) is 21.8. The van der Waals surface area contributed by atoms with Gasteiger partial charge in [0.05, 0.1) is 4.90 Å². The number of benzene rings is 2. The summed E-state index contributed by atoms with van der Waals surface area (Å²) in [5.74, 6) is -1.46. The van der Waals surface area contributed by atoms with Crippen LogP contribution in [0.15, 0.2) is 95.6 Å². The number of hydrogen-bond acceptors (Lipinski definition) is 6. The SMILES string of the molecule is O=C(/C=C/C1C=CC(O)(NS(=O)(=O)c2ccc(O)cc2)C(O)=C1)c1ccccc1. The Hall–Kier alpha value is -3.20. The Balaban J connectivity index is 1.73. The number of allylic oxidation sites excluding steroid dienone is 4. The number of carbonyl (C=O) groups excluding carboxylic acids is 1. The maximum Gasteiger partial charge on any atom is 0.243 e. The third kappa shape index (κ3) is 4.80. The molecule has 4 N–H and O–H groups in total. The lowest BCUT2D eigenvalue weighted by atomic mass is 9.96. The molecule has 2 atom stereocenters. The van der Waals surface area contributed by atoms with Crippen LogP contribution in [0.25, 0.3) is 0 Å². The van der Waals surface area contributed by atoms with Crippen LogP contribution in [0.1, 0.15) is 10.4 Å². The zero-order valence-corrected chi connectivity index (χ0v) is 16.0. The molecule has 0 saturated carbocycles. The standard InChI is InChI=1S/C21H19NO6S/c23-17-7-9-18(10-8-17)29(27,28)22-21(26)13-12-15(14-20(21)25)6-11-19(24)16-4-2-1-3-5-16/h1-15,22-23,25-26H/b11-6+. The van der Waals surface area contributed by atoms with E-state index < -0.39 is 27.4 Å². The maximum absolute atomic E-state index is 12.4. The van der Waals surface area contributed by atoms with E-state index in [2.05, 4.69) is 0 Å². The molecule has 0 amide bonds. The van der Waals surface area contributed by atoms with E-state index in [1.807, 2.05) is 4.72 Å². The average Bonchev–Trinajstić information content (AvgIpc) is 2.69. The summed E-state index contributed by atoms with van der Waals surface area (Å²) in [6.45, 7) is 0. The van der Waals surface area contributed by atoms with Crippen molar-refractivity contribution in [3.63, 3.8) is 0 Å². The Kier molecular flexibility index (Phi) is 5.69. The van der Waals surface area contributed by atoms with Gasteiger partial charge < -0.3 is 15.3 Å². The lowest BCUT2D eigenvalue weighted by Crippen LogP contribution is -2.49. The summed E-state index contributed by atoms with van der Waals surface area (Å²) in [5, 5.41) is 30.0. The van der Waals surface area contributed by atoms with Gasteiger partial charge in [-0.2, -0.15) is 4.72 Å². The molecule has 0 radical (unpaired) electrons. The fraction of sp³-hybridized carbons (Fsp3) is 0.0952. The van der Waals surface area contributed by atoms with E-state index >= 15 is 0 Å². The smallest absolute Gasteiger partial charge is 0.243 e. The molecule has 3 rings (SSSR count). The summed E-state index contributed by atoms with van der Waals surface area (Å²) in [6.07, 6.45) is 6.65. The molecule has 29 heavy (non-hydrogen) atoms. The first kappa shape index (κ1) is 20.5. The largest absolute Gasteiger partial charge is 0.508 e. The minimum Gasteiger partial charge on any atom is -0.508 e. The summed E-state index contributed by atoms with van der Waals surface area (Å²) in [6, 6.07) is 13.3. The molecule has 0 fully saturated rings. The van der Waals surface area contributed by atoms with Gasteiger partial charge in [0, 0.05) is 11.5 Å². The van der Waals surface area contributed by atoms with Crippen LogP contribution in [0.4, 0.5) is 0 Å². The monoisotopic (exact) mass is 413 g/mol. The summed E-state index contributed by atoms with van der Waals surface area (Å²) in [5.41, 5.74) is -1.82. The number of sulfonamides is 1. The molecule has 0 bridgehead atoms. The highest BCUT2D eigenvalue weighted by molar-refractivity contribution is 7.89. The number of phenols is 1. The van der Waals surface area contributed by atoms with Crippen molar-refractivity contribution in [2.24, 2.45) is 5.92 Å². The van der Waals surface area contributed by atoms with E-state index in [-0.39, 0.29) is 16.4 Å². The lowest BCUT2D eigenvalue weighted by Gasteiger charge is -2.28. The van der Waals surface area contributed by atoms with E-state index in [0.29, 0.717) is 5.56 Å². The van der Waals surface area contributed by atoms with Gasteiger partial charge in [0.25, 0.3) is 0 Å². The molecule has 150 valence electrons. The van der Waals surface area contributed by atoms with Crippen molar-refractivity contribution < 1.29 is 28.5 Å². The molecule has 8 heteroatoms. The summed E-state index contributed by atoms with van der Waals surface area (Å²) in [7, 11) is -4.18. The number of aromatic hydroxyl groups is 1. The Morgan fingerprint density at radius 1 is 1.03 bits per heavy atom. The summed E-state index contributed by atoms with van der Waals surface area (Å²) < 4.78 is 26.9. The zero-order chi connectivity index (χ0) is 21.1. The van der Waals surface area contributed by atoms with Gasteiger partial charge in [-0.25, -0.2) is 8.42 Å². The van der Waals surface area contributed by atoms with Gasteiger partial charge in [0.2, 0.25) is 15.7 Å². The number of aliphatic hydroxyl groups excluding tert-OH is 1. The van der Waals surface area contributed by atoms with Crippen molar-refractivity contribution in [1.82, 2.24) is 4.72 Å². The quantitative estimate of drug-likeness (QED) is 0.250. The highest BCUT2D eigenvalue weighted by atomic mass is 32.2. The molecule has 0 aromatic heterocycles. The number of carbonyl (C=O) groups is 1. The topological polar surface area (TPSA) is 124 Å². The zero-order valence-electron chi connectivity index (χ0n) is 15.1. The van der Waals surface area contributed by atoms with Gasteiger partial charge in [-0.15, -0.1) is 0 Å².